The molecular formula is C25H50O2. The molecule has 0 rings (SSSR count). The zero-order valence-electron chi connectivity index (χ0n) is 19.0. The molecule has 0 aromatic carbocycles. The molecular weight excluding hydrogens is 332 g/mol. The van der Waals surface area contributed by atoms with E-state index in [1.165, 1.54) is 109 Å². The Morgan fingerprint density at radius 2 is 1.04 bits per heavy atom. The van der Waals surface area contributed by atoms with E-state index in [-0.39, 0.29) is 5.97 Å². The van der Waals surface area contributed by atoms with Crippen molar-refractivity contribution < 1.29 is 9.53 Å². The number of hydrogen-bond acceptors (Lipinski definition) is 2. The summed E-state index contributed by atoms with van der Waals surface area (Å²) in [7, 11) is 0. The van der Waals surface area contributed by atoms with Gasteiger partial charge in [-0.3, -0.25) is 4.79 Å². The normalized spacial score (nSPS) is 12.3. The molecule has 0 N–H and O–H groups in total. The van der Waals surface area contributed by atoms with Gasteiger partial charge in [0.2, 0.25) is 0 Å². The number of hydrogen-bond donors (Lipinski definition) is 0. The Balaban J connectivity index is 3.29. The first kappa shape index (κ1) is 26.5. The van der Waals surface area contributed by atoms with Gasteiger partial charge in [0.1, 0.15) is 0 Å². The average molecular weight is 383 g/mol. The van der Waals surface area contributed by atoms with Gasteiger partial charge >= 0.3 is 5.97 Å². The molecule has 27 heavy (non-hydrogen) atoms. The largest absolute Gasteiger partial charge is 0.465 e. The zero-order valence-corrected chi connectivity index (χ0v) is 19.0. The van der Waals surface area contributed by atoms with Crippen LogP contribution in [0.5, 0.6) is 0 Å². The smallest absolute Gasteiger partial charge is 0.305 e. The first-order valence-corrected chi connectivity index (χ1v) is 12.4. The molecule has 1 unspecified atom stereocenters. The first-order chi connectivity index (χ1) is 13.2. The van der Waals surface area contributed by atoms with Crippen LogP contribution in [-0.2, 0) is 9.53 Å². The highest BCUT2D eigenvalue weighted by Crippen LogP contribution is 2.14. The van der Waals surface area contributed by atoms with Crippen LogP contribution in [0.25, 0.3) is 0 Å². The molecule has 0 heterocycles. The predicted octanol–water partition coefficient (Wildman–Crippen LogP) is 8.62. The molecule has 0 aliphatic heterocycles. The predicted molar refractivity (Wildman–Crippen MR) is 119 cm³/mol. The van der Waals surface area contributed by atoms with Crippen LogP contribution in [0.4, 0.5) is 0 Å². The Bertz CT molecular complexity index is 301. The molecule has 1 atom stereocenters. The molecule has 0 aromatic rings. The van der Waals surface area contributed by atoms with Crippen molar-refractivity contribution in [3.63, 3.8) is 0 Å². The van der Waals surface area contributed by atoms with E-state index in [9.17, 15) is 4.79 Å². The van der Waals surface area contributed by atoms with Gasteiger partial charge in [-0.2, -0.15) is 0 Å². The SMILES string of the molecule is CCCCCCCCCCCCCC(=O)OCC(C)CCCCCCCC. The summed E-state index contributed by atoms with van der Waals surface area (Å²) in [6, 6.07) is 0. The van der Waals surface area contributed by atoms with E-state index in [0.717, 1.165) is 6.42 Å². The van der Waals surface area contributed by atoms with Gasteiger partial charge in [-0.25, -0.2) is 0 Å². The van der Waals surface area contributed by atoms with Crippen molar-refractivity contribution >= 4 is 5.97 Å². The Hall–Kier alpha value is -0.530. The van der Waals surface area contributed by atoms with Crippen LogP contribution in [0, 0.1) is 5.92 Å². The summed E-state index contributed by atoms with van der Waals surface area (Å²) in [6.07, 6.45) is 24.3. The summed E-state index contributed by atoms with van der Waals surface area (Å²) in [5.74, 6) is 0.526. The number of carbonyl (C=O) groups excluding carboxylic acids is 1. The Kier molecular flexibility index (Phi) is 21.3. The van der Waals surface area contributed by atoms with E-state index in [2.05, 4.69) is 20.8 Å². The van der Waals surface area contributed by atoms with Crippen LogP contribution < -0.4 is 0 Å². The Morgan fingerprint density at radius 1 is 0.630 bits per heavy atom. The minimum Gasteiger partial charge on any atom is -0.465 e. The van der Waals surface area contributed by atoms with Crippen LogP contribution in [0.15, 0.2) is 0 Å². The second-order valence-electron chi connectivity index (χ2n) is 8.63. The quantitative estimate of drug-likeness (QED) is 0.147. The number of esters is 1. The van der Waals surface area contributed by atoms with Gasteiger partial charge in [0.05, 0.1) is 6.61 Å². The standard InChI is InChI=1S/C25H50O2/c1-4-6-8-10-12-13-14-15-16-18-20-22-25(26)27-23-24(3)21-19-17-11-9-7-5-2/h24H,4-23H2,1-3H3. The second-order valence-corrected chi connectivity index (χ2v) is 8.63. The average Bonchev–Trinajstić information content (AvgIpc) is 2.67. The molecule has 0 spiro atoms. The third-order valence-corrected chi connectivity index (χ3v) is 5.56. The van der Waals surface area contributed by atoms with Crippen molar-refractivity contribution in [2.75, 3.05) is 6.61 Å². The van der Waals surface area contributed by atoms with Crippen molar-refractivity contribution in [1.82, 2.24) is 0 Å². The maximum Gasteiger partial charge on any atom is 0.305 e. The molecule has 0 aliphatic carbocycles. The van der Waals surface area contributed by atoms with E-state index in [0.29, 0.717) is 18.9 Å². The van der Waals surface area contributed by atoms with Gasteiger partial charge in [-0.1, -0.05) is 124 Å². The van der Waals surface area contributed by atoms with E-state index in [4.69, 9.17) is 4.74 Å². The van der Waals surface area contributed by atoms with E-state index < -0.39 is 0 Å². The second kappa shape index (κ2) is 21.8. The zero-order chi connectivity index (χ0) is 20.0. The lowest BCUT2D eigenvalue weighted by atomic mass is 10.0. The molecule has 0 aromatic heterocycles. The highest BCUT2D eigenvalue weighted by molar-refractivity contribution is 5.69. The molecule has 0 aliphatic rings. The minimum atomic E-state index is 0.0146. The monoisotopic (exact) mass is 382 g/mol. The molecule has 0 saturated heterocycles. The van der Waals surface area contributed by atoms with Crippen LogP contribution in [-0.4, -0.2) is 12.6 Å². The lowest BCUT2D eigenvalue weighted by molar-refractivity contribution is -0.145. The van der Waals surface area contributed by atoms with Crippen LogP contribution in [0.3, 0.4) is 0 Å². The molecule has 0 amide bonds. The summed E-state index contributed by atoms with van der Waals surface area (Å²) >= 11 is 0. The van der Waals surface area contributed by atoms with Crippen molar-refractivity contribution in [2.45, 2.75) is 143 Å². The summed E-state index contributed by atoms with van der Waals surface area (Å²) in [6.45, 7) is 7.35. The molecule has 162 valence electrons. The molecule has 2 nitrogen and oxygen atoms in total. The lowest BCUT2D eigenvalue weighted by Gasteiger charge is -2.12. The van der Waals surface area contributed by atoms with Gasteiger partial charge in [0, 0.05) is 6.42 Å². The lowest BCUT2D eigenvalue weighted by Crippen LogP contribution is -2.11. The minimum absolute atomic E-state index is 0.0146. The van der Waals surface area contributed by atoms with Crippen LogP contribution >= 0.6 is 0 Å². The van der Waals surface area contributed by atoms with E-state index in [1.807, 2.05) is 0 Å². The van der Waals surface area contributed by atoms with E-state index >= 15 is 0 Å². The van der Waals surface area contributed by atoms with Gasteiger partial charge < -0.3 is 4.74 Å². The number of unbranched alkanes of at least 4 members (excludes halogenated alkanes) is 15. The molecule has 0 bridgehead atoms. The van der Waals surface area contributed by atoms with Crippen LogP contribution in [0.1, 0.15) is 143 Å². The van der Waals surface area contributed by atoms with E-state index in [1.54, 1.807) is 0 Å². The summed E-state index contributed by atoms with van der Waals surface area (Å²) < 4.78 is 5.45. The van der Waals surface area contributed by atoms with Crippen molar-refractivity contribution in [1.29, 1.82) is 0 Å². The van der Waals surface area contributed by atoms with Gasteiger partial charge in [-0.15, -0.1) is 0 Å². The van der Waals surface area contributed by atoms with Crippen molar-refractivity contribution in [3.8, 4) is 0 Å². The summed E-state index contributed by atoms with van der Waals surface area (Å²) in [4.78, 5) is 11.8. The molecule has 0 radical (unpaired) electrons. The number of rotatable bonds is 21. The Labute approximate surface area is 171 Å². The van der Waals surface area contributed by atoms with Crippen molar-refractivity contribution in [2.24, 2.45) is 5.92 Å². The fourth-order valence-corrected chi connectivity index (χ4v) is 3.60. The first-order valence-electron chi connectivity index (χ1n) is 12.4. The van der Waals surface area contributed by atoms with Gasteiger partial charge in [0.15, 0.2) is 0 Å². The third kappa shape index (κ3) is 21.6. The fraction of sp³-hybridized carbons (Fsp3) is 0.960. The highest BCUT2D eigenvalue weighted by atomic mass is 16.5. The maximum atomic E-state index is 11.8. The van der Waals surface area contributed by atoms with Gasteiger partial charge in [-0.05, 0) is 18.8 Å². The topological polar surface area (TPSA) is 26.3 Å². The Morgan fingerprint density at radius 3 is 1.52 bits per heavy atom. The number of ether oxygens (including phenoxy) is 1. The number of carbonyl (C=O) groups is 1. The molecule has 0 saturated carbocycles. The van der Waals surface area contributed by atoms with Gasteiger partial charge in [0.25, 0.3) is 0 Å². The van der Waals surface area contributed by atoms with Crippen molar-refractivity contribution in [3.05, 3.63) is 0 Å². The highest BCUT2D eigenvalue weighted by Gasteiger charge is 2.07. The fourth-order valence-electron chi connectivity index (χ4n) is 3.60. The van der Waals surface area contributed by atoms with Crippen LogP contribution in [0.2, 0.25) is 0 Å². The summed E-state index contributed by atoms with van der Waals surface area (Å²) in [5, 5.41) is 0. The third-order valence-electron chi connectivity index (χ3n) is 5.56. The molecule has 0 fully saturated rings. The molecule has 2 heteroatoms. The summed E-state index contributed by atoms with van der Waals surface area (Å²) in [5.41, 5.74) is 0. The maximum absolute atomic E-state index is 11.8.